The maximum Gasteiger partial charge on any atom is 0.237 e. The number of carbonyl (C=O) groups is 1. The van der Waals surface area contributed by atoms with Gasteiger partial charge in [0.15, 0.2) is 0 Å². The van der Waals surface area contributed by atoms with E-state index in [1.807, 2.05) is 5.43 Å². The van der Waals surface area contributed by atoms with E-state index in [-0.39, 0.29) is 23.3 Å². The second-order valence-corrected chi connectivity index (χ2v) is 5.24. The van der Waals surface area contributed by atoms with Crippen LogP contribution in [0.15, 0.2) is 0 Å². The minimum absolute atomic E-state index is 0.102. The Balaban J connectivity index is 2.52. The molecule has 0 saturated carbocycles. The zero-order chi connectivity index (χ0) is 9.19. The van der Waals surface area contributed by atoms with Crippen molar-refractivity contribution in [2.24, 2.45) is 11.8 Å². The summed E-state index contributed by atoms with van der Waals surface area (Å²) in [6.45, 7) is 0. The molecule has 0 bridgehead atoms. The molecule has 3 N–H and O–H groups in total. The molecule has 1 amide bonds. The zero-order valence-electron chi connectivity index (χ0n) is 6.62. The molecule has 0 aliphatic carbocycles. The number of sulfone groups is 1. The summed E-state index contributed by atoms with van der Waals surface area (Å²) in [6.07, 6.45) is 0.788. The van der Waals surface area contributed by atoms with Gasteiger partial charge in [-0.1, -0.05) is 0 Å². The van der Waals surface area contributed by atoms with Crippen molar-refractivity contribution < 1.29 is 13.2 Å². The third-order valence-corrected chi connectivity index (χ3v) is 3.78. The van der Waals surface area contributed by atoms with Gasteiger partial charge in [-0.15, -0.1) is 0 Å². The molecular weight excluding hydrogens is 180 g/mol. The van der Waals surface area contributed by atoms with Crippen LogP contribution in [0.3, 0.4) is 0 Å². The Morgan fingerprint density at radius 3 is 2.25 bits per heavy atom. The molecule has 0 unspecified atom stereocenters. The topological polar surface area (TPSA) is 89.3 Å². The molecule has 0 aromatic rings. The van der Waals surface area contributed by atoms with Gasteiger partial charge in [0.1, 0.15) is 9.84 Å². The average molecular weight is 192 g/mol. The fourth-order valence-electron chi connectivity index (χ4n) is 1.27. The molecule has 12 heavy (non-hydrogen) atoms. The zero-order valence-corrected chi connectivity index (χ0v) is 7.43. The predicted molar refractivity (Wildman–Crippen MR) is 43.7 cm³/mol. The number of nitrogens with two attached hydrogens (primary N) is 1. The molecule has 5 nitrogen and oxygen atoms in total. The van der Waals surface area contributed by atoms with E-state index in [1.165, 1.54) is 0 Å². The highest BCUT2D eigenvalue weighted by atomic mass is 32.2. The first-order chi connectivity index (χ1) is 5.55. The Morgan fingerprint density at radius 2 is 1.83 bits per heavy atom. The van der Waals surface area contributed by atoms with Crippen molar-refractivity contribution in [2.45, 2.75) is 12.8 Å². The van der Waals surface area contributed by atoms with Gasteiger partial charge in [-0.3, -0.25) is 10.2 Å². The Hall–Kier alpha value is -0.620. The maximum absolute atomic E-state index is 10.9. The Kier molecular flexibility index (Phi) is 2.69. The molecule has 0 spiro atoms. The highest BCUT2D eigenvalue weighted by Crippen LogP contribution is 2.18. The maximum atomic E-state index is 10.9. The lowest BCUT2D eigenvalue weighted by Crippen LogP contribution is -2.39. The van der Waals surface area contributed by atoms with Crippen LogP contribution < -0.4 is 11.3 Å². The van der Waals surface area contributed by atoms with E-state index in [2.05, 4.69) is 0 Å². The number of hydrogen-bond acceptors (Lipinski definition) is 4. The van der Waals surface area contributed by atoms with Crippen LogP contribution in [0.4, 0.5) is 0 Å². The molecule has 0 radical (unpaired) electrons. The predicted octanol–water partition coefficient (Wildman–Crippen LogP) is -1.20. The first-order valence-corrected chi connectivity index (χ1v) is 5.58. The molecule has 6 heteroatoms. The minimum atomic E-state index is -2.88. The number of nitrogens with one attached hydrogen (secondary N) is 1. The monoisotopic (exact) mass is 192 g/mol. The van der Waals surface area contributed by atoms with Crippen molar-refractivity contribution >= 4 is 15.7 Å². The van der Waals surface area contributed by atoms with E-state index >= 15 is 0 Å². The molecule has 1 heterocycles. The van der Waals surface area contributed by atoms with Gasteiger partial charge in [-0.05, 0) is 12.8 Å². The molecule has 1 saturated heterocycles. The van der Waals surface area contributed by atoms with Crippen LogP contribution in [0, 0.1) is 5.92 Å². The molecule has 70 valence electrons. The lowest BCUT2D eigenvalue weighted by Gasteiger charge is -2.19. The number of amides is 1. The SMILES string of the molecule is NNC(=O)C1CCS(=O)(=O)CC1. The van der Waals surface area contributed by atoms with Gasteiger partial charge in [0.25, 0.3) is 0 Å². The number of rotatable bonds is 1. The molecule has 0 atom stereocenters. The van der Waals surface area contributed by atoms with Crippen molar-refractivity contribution in [3.63, 3.8) is 0 Å². The summed E-state index contributed by atoms with van der Waals surface area (Å²) in [7, 11) is -2.88. The second-order valence-electron chi connectivity index (χ2n) is 2.93. The van der Waals surface area contributed by atoms with Gasteiger partial charge in [-0.2, -0.15) is 0 Å². The van der Waals surface area contributed by atoms with Gasteiger partial charge in [0.05, 0.1) is 11.5 Å². The Bertz CT molecular complexity index is 259. The van der Waals surface area contributed by atoms with Crippen molar-refractivity contribution in [3.8, 4) is 0 Å². The summed E-state index contributed by atoms with van der Waals surface area (Å²) < 4.78 is 21.9. The lowest BCUT2D eigenvalue weighted by molar-refractivity contribution is -0.125. The second kappa shape index (κ2) is 3.40. The van der Waals surface area contributed by atoms with Crippen LogP contribution in [-0.2, 0) is 14.6 Å². The summed E-state index contributed by atoms with van der Waals surface area (Å²) in [5.74, 6) is 4.64. The van der Waals surface area contributed by atoms with E-state index in [9.17, 15) is 13.2 Å². The number of hydrogen-bond donors (Lipinski definition) is 2. The molecule has 0 aromatic carbocycles. The molecule has 1 aliphatic heterocycles. The van der Waals surface area contributed by atoms with E-state index in [4.69, 9.17) is 5.84 Å². The largest absolute Gasteiger partial charge is 0.294 e. The third kappa shape index (κ3) is 2.18. The normalized spacial score (nSPS) is 23.4. The van der Waals surface area contributed by atoms with Crippen molar-refractivity contribution in [3.05, 3.63) is 0 Å². The summed E-state index contributed by atoms with van der Waals surface area (Å²) >= 11 is 0. The van der Waals surface area contributed by atoms with Crippen LogP contribution >= 0.6 is 0 Å². The van der Waals surface area contributed by atoms with E-state index in [0.717, 1.165) is 0 Å². The molecule has 1 rings (SSSR count). The first-order valence-electron chi connectivity index (χ1n) is 3.76. The van der Waals surface area contributed by atoms with Crippen LogP contribution in [0.5, 0.6) is 0 Å². The van der Waals surface area contributed by atoms with E-state index < -0.39 is 9.84 Å². The molecule has 1 fully saturated rings. The van der Waals surface area contributed by atoms with Crippen molar-refractivity contribution in [1.82, 2.24) is 5.43 Å². The minimum Gasteiger partial charge on any atom is -0.294 e. The smallest absolute Gasteiger partial charge is 0.237 e. The van der Waals surface area contributed by atoms with Crippen LogP contribution in [0.1, 0.15) is 12.8 Å². The quantitative estimate of drug-likeness (QED) is 0.310. The average Bonchev–Trinajstić information content (AvgIpc) is 2.03. The summed E-state index contributed by atoms with van der Waals surface area (Å²) in [6, 6.07) is 0. The Morgan fingerprint density at radius 1 is 1.33 bits per heavy atom. The van der Waals surface area contributed by atoms with Crippen LogP contribution in [0.25, 0.3) is 0 Å². The summed E-state index contributed by atoms with van der Waals surface area (Å²) in [5.41, 5.74) is 2.03. The first kappa shape index (κ1) is 9.47. The molecule has 1 aliphatic rings. The third-order valence-electron chi connectivity index (χ3n) is 2.07. The fraction of sp³-hybridized carbons (Fsp3) is 0.833. The number of hydrazine groups is 1. The van der Waals surface area contributed by atoms with Gasteiger partial charge < -0.3 is 0 Å². The van der Waals surface area contributed by atoms with Gasteiger partial charge in [0, 0.05) is 5.92 Å². The highest BCUT2D eigenvalue weighted by Gasteiger charge is 2.27. The van der Waals surface area contributed by atoms with E-state index in [1.54, 1.807) is 0 Å². The lowest BCUT2D eigenvalue weighted by atomic mass is 10.0. The van der Waals surface area contributed by atoms with E-state index in [0.29, 0.717) is 12.8 Å². The van der Waals surface area contributed by atoms with Crippen LogP contribution in [0.2, 0.25) is 0 Å². The number of carbonyl (C=O) groups excluding carboxylic acids is 1. The van der Waals surface area contributed by atoms with Crippen molar-refractivity contribution in [1.29, 1.82) is 0 Å². The van der Waals surface area contributed by atoms with Gasteiger partial charge in [-0.25, -0.2) is 14.3 Å². The van der Waals surface area contributed by atoms with Crippen LogP contribution in [-0.4, -0.2) is 25.8 Å². The fourth-order valence-corrected chi connectivity index (χ4v) is 2.76. The van der Waals surface area contributed by atoms with Gasteiger partial charge in [0.2, 0.25) is 5.91 Å². The van der Waals surface area contributed by atoms with Gasteiger partial charge >= 0.3 is 0 Å². The highest BCUT2D eigenvalue weighted by molar-refractivity contribution is 7.91. The van der Waals surface area contributed by atoms with Crippen molar-refractivity contribution in [2.75, 3.05) is 11.5 Å². The molecule has 0 aromatic heterocycles. The molecular formula is C6H12N2O3S. The summed E-state index contributed by atoms with van der Waals surface area (Å²) in [4.78, 5) is 10.9. The Labute approximate surface area is 71.2 Å². The standard InChI is InChI=1S/C6H12N2O3S/c7-8-6(9)5-1-3-12(10,11)4-2-5/h5H,1-4,7H2,(H,8,9). The summed E-state index contributed by atoms with van der Waals surface area (Å²) in [5, 5.41) is 0.